The van der Waals surface area contributed by atoms with Crippen molar-refractivity contribution in [2.75, 3.05) is 0 Å². The Morgan fingerprint density at radius 2 is 0.552 bits per heavy atom. The standard InChI is InChI=1S/2C12H8S.2C7H5N3O6/c2*1-3-7-11-9(5-1)10-6-2-4-8-12(10)13-11;2*1-4-6(9(13)14)2-5(8(11)12)3-7(4)10(15)16/h2*1-8H;2*2-3H,1H3. The van der Waals surface area contributed by atoms with Crippen molar-refractivity contribution in [3.05, 3.63) is 193 Å². The number of fused-ring (bicyclic) bond motifs is 6. The van der Waals surface area contributed by atoms with Gasteiger partial charge in [-0.05, 0) is 38.1 Å². The van der Waals surface area contributed by atoms with Crippen LogP contribution in [0.1, 0.15) is 11.1 Å². The zero-order valence-corrected chi connectivity index (χ0v) is 31.6. The van der Waals surface area contributed by atoms with Crippen molar-refractivity contribution in [1.82, 2.24) is 0 Å². The lowest BCUT2D eigenvalue weighted by atomic mass is 10.1. The third kappa shape index (κ3) is 9.16. The van der Waals surface area contributed by atoms with Gasteiger partial charge in [0.15, 0.2) is 0 Å². The smallest absolute Gasteiger partial charge is 0.258 e. The zero-order chi connectivity index (χ0) is 42.3. The molecular weight excluding hydrogens is 797 g/mol. The Kier molecular flexibility index (Phi) is 12.6. The van der Waals surface area contributed by atoms with E-state index in [-0.39, 0.29) is 11.1 Å². The summed E-state index contributed by atoms with van der Waals surface area (Å²) in [5.41, 5.74) is -4.32. The summed E-state index contributed by atoms with van der Waals surface area (Å²) in [6.45, 7) is 2.33. The summed E-state index contributed by atoms with van der Waals surface area (Å²) in [6, 6.07) is 37.0. The Balaban J connectivity index is 0.000000148. The maximum atomic E-state index is 10.5. The fourth-order valence-corrected chi connectivity index (χ4v) is 7.87. The first-order valence-electron chi connectivity index (χ1n) is 16.5. The third-order valence-electron chi connectivity index (χ3n) is 8.45. The second-order valence-electron chi connectivity index (χ2n) is 11.9. The zero-order valence-electron chi connectivity index (χ0n) is 29.9. The molecule has 0 saturated carbocycles. The minimum absolute atomic E-state index is 0.208. The second-order valence-corrected chi connectivity index (χ2v) is 14.1. The molecular formula is C38H26N6O12S2. The van der Waals surface area contributed by atoms with E-state index in [1.807, 2.05) is 22.7 Å². The maximum absolute atomic E-state index is 10.5. The third-order valence-corrected chi connectivity index (χ3v) is 10.8. The lowest BCUT2D eigenvalue weighted by Crippen LogP contribution is -2.00. The van der Waals surface area contributed by atoms with Gasteiger partial charge in [0.25, 0.3) is 34.1 Å². The molecule has 18 nitrogen and oxygen atoms in total. The monoisotopic (exact) mass is 822 g/mol. The molecule has 8 aromatic rings. The summed E-state index contributed by atoms with van der Waals surface area (Å²) in [5, 5.41) is 68.5. The lowest BCUT2D eigenvalue weighted by molar-refractivity contribution is -0.404. The Bertz CT molecular complexity index is 2560. The number of nitrogens with zero attached hydrogens (tertiary/aromatic N) is 6. The highest BCUT2D eigenvalue weighted by atomic mass is 32.1. The first-order valence-corrected chi connectivity index (χ1v) is 18.1. The lowest BCUT2D eigenvalue weighted by Gasteiger charge is -1.99. The van der Waals surface area contributed by atoms with Crippen LogP contribution in [0.25, 0.3) is 40.3 Å². The van der Waals surface area contributed by atoms with Crippen LogP contribution < -0.4 is 0 Å². The summed E-state index contributed by atoms with van der Waals surface area (Å²) >= 11 is 3.72. The van der Waals surface area contributed by atoms with Crippen LogP contribution in [-0.4, -0.2) is 29.5 Å². The first kappa shape index (κ1) is 41.3. The maximum Gasteiger partial charge on any atom is 0.286 e. The molecule has 0 aliphatic rings. The molecule has 0 unspecified atom stereocenters. The number of hydrogen-bond acceptors (Lipinski definition) is 14. The van der Waals surface area contributed by atoms with Gasteiger partial charge in [-0.3, -0.25) is 60.7 Å². The van der Waals surface area contributed by atoms with E-state index in [2.05, 4.69) is 97.1 Å². The molecule has 0 spiro atoms. The van der Waals surface area contributed by atoms with Crippen molar-refractivity contribution in [3.63, 3.8) is 0 Å². The highest BCUT2D eigenvalue weighted by Crippen LogP contribution is 2.35. The minimum atomic E-state index is -0.917. The van der Waals surface area contributed by atoms with Crippen molar-refractivity contribution >= 4 is 97.1 Å². The molecule has 2 heterocycles. The molecule has 2 aromatic heterocycles. The Morgan fingerprint density at radius 3 is 0.741 bits per heavy atom. The average molecular weight is 823 g/mol. The van der Waals surface area contributed by atoms with Crippen molar-refractivity contribution in [3.8, 4) is 0 Å². The van der Waals surface area contributed by atoms with Crippen LogP contribution in [0.3, 0.4) is 0 Å². The van der Waals surface area contributed by atoms with Gasteiger partial charge in [0.1, 0.15) is 11.1 Å². The Morgan fingerprint density at radius 1 is 0.345 bits per heavy atom. The minimum Gasteiger partial charge on any atom is -0.258 e. The van der Waals surface area contributed by atoms with Crippen LogP contribution in [0, 0.1) is 74.5 Å². The molecule has 6 aromatic carbocycles. The van der Waals surface area contributed by atoms with Gasteiger partial charge < -0.3 is 0 Å². The van der Waals surface area contributed by atoms with Gasteiger partial charge in [0.2, 0.25) is 0 Å². The molecule has 0 aliphatic heterocycles. The largest absolute Gasteiger partial charge is 0.286 e. The molecule has 0 bridgehead atoms. The van der Waals surface area contributed by atoms with Gasteiger partial charge in [-0.25, -0.2) is 0 Å². The number of hydrogen-bond donors (Lipinski definition) is 0. The number of nitro benzene ring substituents is 6. The highest BCUT2D eigenvalue weighted by Gasteiger charge is 2.28. The van der Waals surface area contributed by atoms with Crippen LogP contribution in [0.15, 0.2) is 121 Å². The molecule has 0 atom stereocenters. The van der Waals surface area contributed by atoms with Gasteiger partial charge in [-0.1, -0.05) is 72.8 Å². The number of benzene rings is 6. The van der Waals surface area contributed by atoms with Gasteiger partial charge in [0.05, 0.1) is 53.8 Å². The number of non-ortho nitro benzene ring substituents is 2. The average Bonchev–Trinajstić information content (AvgIpc) is 3.77. The van der Waals surface area contributed by atoms with E-state index < -0.39 is 63.7 Å². The fourth-order valence-electron chi connectivity index (χ4n) is 5.66. The molecule has 0 N–H and O–H groups in total. The Hall–Kier alpha value is -7.84. The second kappa shape index (κ2) is 17.7. The van der Waals surface area contributed by atoms with Gasteiger partial charge in [-0.15, -0.1) is 22.7 Å². The summed E-state index contributed by atoms with van der Waals surface area (Å²) in [6.07, 6.45) is 0. The first-order chi connectivity index (χ1) is 27.6. The number of rotatable bonds is 6. The molecule has 0 saturated heterocycles. The summed E-state index contributed by atoms with van der Waals surface area (Å²) < 4.78 is 5.51. The normalized spacial score (nSPS) is 10.4. The molecule has 58 heavy (non-hydrogen) atoms. The van der Waals surface area contributed by atoms with Crippen LogP contribution in [-0.2, 0) is 0 Å². The van der Waals surface area contributed by atoms with E-state index in [0.717, 1.165) is 0 Å². The van der Waals surface area contributed by atoms with Crippen molar-refractivity contribution < 1.29 is 29.5 Å². The molecule has 8 rings (SSSR count). The van der Waals surface area contributed by atoms with Gasteiger partial charge in [0, 0.05) is 40.3 Å². The van der Waals surface area contributed by atoms with E-state index in [4.69, 9.17) is 0 Å². The summed E-state index contributed by atoms with van der Waals surface area (Å²) in [5.74, 6) is 0. The van der Waals surface area contributed by atoms with Crippen molar-refractivity contribution in [2.45, 2.75) is 13.8 Å². The van der Waals surface area contributed by atoms with Gasteiger partial charge in [-0.2, -0.15) is 0 Å². The molecule has 0 fully saturated rings. The van der Waals surface area contributed by atoms with E-state index in [9.17, 15) is 60.7 Å². The topological polar surface area (TPSA) is 259 Å². The SMILES string of the molecule is Cc1c([N+](=O)[O-])cc([N+](=O)[O-])cc1[N+](=O)[O-].Cc1c([N+](=O)[O-])cc([N+](=O)[O-])cc1[N+](=O)[O-].c1ccc2c(c1)sc1ccccc12.c1ccc2c(c1)sc1ccccc12. The van der Waals surface area contributed by atoms with Crippen molar-refractivity contribution in [1.29, 1.82) is 0 Å². The summed E-state index contributed by atoms with van der Waals surface area (Å²) in [7, 11) is 0. The molecule has 0 amide bonds. The van der Waals surface area contributed by atoms with E-state index >= 15 is 0 Å². The number of thiophene rings is 2. The van der Waals surface area contributed by atoms with E-state index in [1.165, 1.54) is 54.2 Å². The van der Waals surface area contributed by atoms with Crippen LogP contribution in [0.4, 0.5) is 34.1 Å². The van der Waals surface area contributed by atoms with Crippen molar-refractivity contribution in [2.24, 2.45) is 0 Å². The molecule has 20 heteroatoms. The molecule has 292 valence electrons. The Labute approximate surface area is 332 Å². The van der Waals surface area contributed by atoms with Crippen LogP contribution in [0.2, 0.25) is 0 Å². The highest BCUT2D eigenvalue weighted by molar-refractivity contribution is 7.26. The quantitative estimate of drug-likeness (QED) is 0.112. The van der Waals surface area contributed by atoms with Crippen LogP contribution in [0.5, 0.6) is 0 Å². The summed E-state index contributed by atoms with van der Waals surface area (Å²) in [4.78, 5) is 57.6. The van der Waals surface area contributed by atoms with Crippen LogP contribution >= 0.6 is 22.7 Å². The van der Waals surface area contributed by atoms with Gasteiger partial charge >= 0.3 is 0 Å². The molecule has 0 aliphatic carbocycles. The molecule has 0 radical (unpaired) electrons. The number of nitro groups is 6. The fraction of sp³-hybridized carbons (Fsp3) is 0.0526. The van der Waals surface area contributed by atoms with E-state index in [1.54, 1.807) is 0 Å². The predicted octanol–water partition coefficient (Wildman–Crippen LogP) is 11.5. The van der Waals surface area contributed by atoms with E-state index in [0.29, 0.717) is 24.3 Å². The predicted molar refractivity (Wildman–Crippen MR) is 221 cm³/mol.